The van der Waals surface area contributed by atoms with Gasteiger partial charge in [-0.15, -0.1) is 0 Å². The van der Waals surface area contributed by atoms with Gasteiger partial charge in [0.2, 0.25) is 0 Å². The summed E-state index contributed by atoms with van der Waals surface area (Å²) in [4.78, 5) is 0. The van der Waals surface area contributed by atoms with Gasteiger partial charge < -0.3 is 10.1 Å². The van der Waals surface area contributed by atoms with Crippen molar-refractivity contribution >= 4 is 5.69 Å². The number of halogens is 1. The van der Waals surface area contributed by atoms with Gasteiger partial charge >= 0.3 is 0 Å². The maximum absolute atomic E-state index is 13.5. The van der Waals surface area contributed by atoms with Crippen molar-refractivity contribution in [1.29, 1.82) is 0 Å². The van der Waals surface area contributed by atoms with Gasteiger partial charge in [-0.3, -0.25) is 0 Å². The number of aryl methyl sites for hydroxylation is 1. The van der Waals surface area contributed by atoms with Crippen LogP contribution in [0.15, 0.2) is 18.2 Å². The third kappa shape index (κ3) is 3.20. The van der Waals surface area contributed by atoms with E-state index in [0.717, 1.165) is 17.7 Å². The number of hydrogen-bond donors (Lipinski definition) is 1. The van der Waals surface area contributed by atoms with Crippen molar-refractivity contribution in [3.63, 3.8) is 0 Å². The van der Waals surface area contributed by atoms with E-state index in [9.17, 15) is 4.39 Å². The highest BCUT2D eigenvalue weighted by atomic mass is 19.1. The van der Waals surface area contributed by atoms with Crippen molar-refractivity contribution in [3.05, 3.63) is 29.6 Å². The maximum atomic E-state index is 13.5. The molecule has 1 aromatic carbocycles. The van der Waals surface area contributed by atoms with Crippen molar-refractivity contribution in [2.45, 2.75) is 39.3 Å². The number of methoxy groups -OCH3 is 1. The Hall–Kier alpha value is -1.09. The van der Waals surface area contributed by atoms with Crippen LogP contribution in [0.25, 0.3) is 0 Å². The van der Waals surface area contributed by atoms with Crippen molar-refractivity contribution in [2.24, 2.45) is 0 Å². The van der Waals surface area contributed by atoms with E-state index >= 15 is 0 Å². The van der Waals surface area contributed by atoms with Crippen LogP contribution < -0.4 is 5.32 Å². The molecule has 2 nitrogen and oxygen atoms in total. The molecule has 0 aliphatic heterocycles. The lowest BCUT2D eigenvalue weighted by molar-refractivity contribution is 0.106. The molecule has 3 heteroatoms. The molecule has 0 aliphatic carbocycles. The maximum Gasteiger partial charge on any atom is 0.128 e. The molecule has 0 bridgehead atoms. The van der Waals surface area contributed by atoms with E-state index in [-0.39, 0.29) is 18.0 Å². The second-order valence-corrected chi connectivity index (χ2v) is 4.03. The first kappa shape index (κ1) is 13.0. The minimum absolute atomic E-state index is 0.0916. The van der Waals surface area contributed by atoms with Crippen molar-refractivity contribution in [3.8, 4) is 0 Å². The largest absolute Gasteiger partial charge is 0.380 e. The molecule has 0 fully saturated rings. The lowest BCUT2D eigenvalue weighted by Gasteiger charge is -2.21. The van der Waals surface area contributed by atoms with Crippen LogP contribution in [0.2, 0.25) is 0 Å². The quantitative estimate of drug-likeness (QED) is 0.830. The fourth-order valence-electron chi connectivity index (χ4n) is 1.51. The summed E-state index contributed by atoms with van der Waals surface area (Å²) in [6.07, 6.45) is 0.810. The molecule has 0 heterocycles. The molecule has 0 spiro atoms. The second kappa shape index (κ2) is 5.85. The fraction of sp³-hybridized carbons (Fsp3) is 0.538. The Morgan fingerprint density at radius 2 is 2.06 bits per heavy atom. The SMILES string of the molecule is CCc1ccc(NC(C)C(C)OC)cc1F. The first-order valence-corrected chi connectivity index (χ1v) is 5.66. The minimum atomic E-state index is -0.148. The Labute approximate surface area is 96.8 Å². The lowest BCUT2D eigenvalue weighted by Crippen LogP contribution is -2.29. The van der Waals surface area contributed by atoms with E-state index < -0.39 is 0 Å². The third-order valence-electron chi connectivity index (χ3n) is 2.90. The van der Waals surface area contributed by atoms with Crippen LogP contribution >= 0.6 is 0 Å². The summed E-state index contributed by atoms with van der Waals surface area (Å²) in [5, 5.41) is 3.22. The van der Waals surface area contributed by atoms with Gasteiger partial charge in [0, 0.05) is 18.8 Å². The van der Waals surface area contributed by atoms with Gasteiger partial charge in [-0.1, -0.05) is 13.0 Å². The third-order valence-corrected chi connectivity index (χ3v) is 2.90. The van der Waals surface area contributed by atoms with Crippen LogP contribution in [0.1, 0.15) is 26.3 Å². The Kier molecular flexibility index (Phi) is 4.74. The molecule has 0 radical (unpaired) electrons. The van der Waals surface area contributed by atoms with E-state index in [1.54, 1.807) is 7.11 Å². The number of nitrogens with one attached hydrogen (secondary N) is 1. The summed E-state index contributed by atoms with van der Waals surface area (Å²) in [5.41, 5.74) is 1.55. The zero-order chi connectivity index (χ0) is 12.1. The smallest absolute Gasteiger partial charge is 0.128 e. The van der Waals surface area contributed by atoms with Crippen LogP contribution in [-0.4, -0.2) is 19.3 Å². The van der Waals surface area contributed by atoms with Crippen molar-refractivity contribution in [1.82, 2.24) is 0 Å². The highest BCUT2D eigenvalue weighted by Gasteiger charge is 2.11. The van der Waals surface area contributed by atoms with E-state index in [1.165, 1.54) is 6.07 Å². The molecule has 0 saturated heterocycles. The monoisotopic (exact) mass is 225 g/mol. The molecule has 1 aromatic rings. The Morgan fingerprint density at radius 1 is 1.38 bits per heavy atom. The molecule has 0 saturated carbocycles. The Morgan fingerprint density at radius 3 is 2.56 bits per heavy atom. The molecule has 90 valence electrons. The molecule has 0 amide bonds. The Balaban J connectivity index is 2.71. The van der Waals surface area contributed by atoms with E-state index in [4.69, 9.17) is 4.74 Å². The van der Waals surface area contributed by atoms with Gasteiger partial charge in [0.05, 0.1) is 6.10 Å². The highest BCUT2D eigenvalue weighted by molar-refractivity contribution is 5.46. The summed E-state index contributed by atoms with van der Waals surface area (Å²) < 4.78 is 18.7. The minimum Gasteiger partial charge on any atom is -0.380 e. The van der Waals surface area contributed by atoms with Gasteiger partial charge in [0.1, 0.15) is 5.82 Å². The zero-order valence-electron chi connectivity index (χ0n) is 10.4. The second-order valence-electron chi connectivity index (χ2n) is 4.03. The van der Waals surface area contributed by atoms with E-state index in [1.807, 2.05) is 32.9 Å². The predicted molar refractivity (Wildman–Crippen MR) is 65.3 cm³/mol. The lowest BCUT2D eigenvalue weighted by atomic mass is 10.1. The average Bonchev–Trinajstić information content (AvgIpc) is 2.28. The van der Waals surface area contributed by atoms with Crippen LogP contribution in [0.4, 0.5) is 10.1 Å². The summed E-state index contributed by atoms with van der Waals surface area (Å²) in [6, 6.07) is 5.41. The van der Waals surface area contributed by atoms with Crippen LogP contribution in [0, 0.1) is 5.82 Å². The Bertz CT molecular complexity index is 341. The summed E-state index contributed by atoms with van der Waals surface area (Å²) in [5.74, 6) is -0.148. The van der Waals surface area contributed by atoms with E-state index in [0.29, 0.717) is 0 Å². The van der Waals surface area contributed by atoms with Gasteiger partial charge in [-0.25, -0.2) is 4.39 Å². The topological polar surface area (TPSA) is 21.3 Å². The van der Waals surface area contributed by atoms with Crippen LogP contribution in [-0.2, 0) is 11.2 Å². The highest BCUT2D eigenvalue weighted by Crippen LogP contribution is 2.16. The number of benzene rings is 1. The van der Waals surface area contributed by atoms with Crippen LogP contribution in [0.3, 0.4) is 0 Å². The molecule has 2 atom stereocenters. The fourth-order valence-corrected chi connectivity index (χ4v) is 1.51. The normalized spacial score (nSPS) is 14.6. The molecule has 1 N–H and O–H groups in total. The number of anilines is 1. The number of rotatable bonds is 5. The van der Waals surface area contributed by atoms with Crippen LogP contribution in [0.5, 0.6) is 0 Å². The predicted octanol–water partition coefficient (Wildman–Crippen LogP) is 3.22. The summed E-state index contributed by atoms with van der Waals surface area (Å²) >= 11 is 0. The van der Waals surface area contributed by atoms with Crippen molar-refractivity contribution in [2.75, 3.05) is 12.4 Å². The van der Waals surface area contributed by atoms with Crippen molar-refractivity contribution < 1.29 is 9.13 Å². The van der Waals surface area contributed by atoms with Gasteiger partial charge in [-0.05, 0) is 38.0 Å². The summed E-state index contributed by atoms with van der Waals surface area (Å²) in [6.45, 7) is 5.94. The first-order chi connectivity index (χ1) is 7.58. The summed E-state index contributed by atoms with van der Waals surface area (Å²) in [7, 11) is 1.67. The molecule has 0 aliphatic rings. The molecule has 16 heavy (non-hydrogen) atoms. The molecule has 0 aromatic heterocycles. The number of hydrogen-bond acceptors (Lipinski definition) is 2. The molecular formula is C13H20FNO. The molecule has 2 unspecified atom stereocenters. The van der Waals surface area contributed by atoms with E-state index in [2.05, 4.69) is 5.32 Å². The average molecular weight is 225 g/mol. The van der Waals surface area contributed by atoms with Gasteiger partial charge in [-0.2, -0.15) is 0 Å². The zero-order valence-corrected chi connectivity index (χ0v) is 10.4. The first-order valence-electron chi connectivity index (χ1n) is 5.66. The standard InChI is InChI=1S/C13H20FNO/c1-5-11-6-7-12(8-13(11)14)15-9(2)10(3)16-4/h6-10,15H,5H2,1-4H3. The number of ether oxygens (including phenoxy) is 1. The van der Waals surface area contributed by atoms with Gasteiger partial charge in [0.15, 0.2) is 0 Å². The molecule has 1 rings (SSSR count). The van der Waals surface area contributed by atoms with Gasteiger partial charge in [0.25, 0.3) is 0 Å². The molecular weight excluding hydrogens is 205 g/mol.